The Morgan fingerprint density at radius 1 is 1.17 bits per heavy atom. The van der Waals surface area contributed by atoms with E-state index in [1.807, 2.05) is 6.92 Å². The van der Waals surface area contributed by atoms with Gasteiger partial charge in [0, 0.05) is 24.8 Å². The van der Waals surface area contributed by atoms with Gasteiger partial charge in [-0.1, -0.05) is 12.1 Å². The standard InChI is InChI=1S/C20H21F3N4O.ClH/c1-12-11-16(13-3-5-14(6-4-13)20(21,22)23)25-17(24-12)15-7-8-19(26-15)9-10-27(2)18(19)28;/h3-6,11,15,26H,7-10H2,1-2H3;1H/t15-,19+;/m1./s1. The Bertz CT molecular complexity index is 919. The van der Waals surface area contributed by atoms with Crippen LogP contribution in [0.4, 0.5) is 13.2 Å². The van der Waals surface area contributed by atoms with Gasteiger partial charge in [-0.25, -0.2) is 9.97 Å². The fourth-order valence-electron chi connectivity index (χ4n) is 4.09. The van der Waals surface area contributed by atoms with Crippen LogP contribution >= 0.6 is 12.4 Å². The van der Waals surface area contributed by atoms with Gasteiger partial charge in [-0.05, 0) is 44.4 Å². The van der Waals surface area contributed by atoms with Gasteiger partial charge in [0.2, 0.25) is 5.91 Å². The number of likely N-dealkylation sites (tertiary alicyclic amines) is 1. The number of carbonyl (C=O) groups is 1. The van der Waals surface area contributed by atoms with Crippen molar-refractivity contribution in [3.05, 3.63) is 47.4 Å². The minimum absolute atomic E-state index is 0. The lowest BCUT2D eigenvalue weighted by molar-refractivity contribution is -0.137. The van der Waals surface area contributed by atoms with Crippen LogP contribution in [0.3, 0.4) is 0 Å². The monoisotopic (exact) mass is 426 g/mol. The molecule has 1 aromatic carbocycles. The van der Waals surface area contributed by atoms with Gasteiger partial charge in [0.05, 0.1) is 17.3 Å². The van der Waals surface area contributed by atoms with Crippen LogP contribution in [0.15, 0.2) is 30.3 Å². The van der Waals surface area contributed by atoms with Crippen LogP contribution in [-0.2, 0) is 11.0 Å². The highest BCUT2D eigenvalue weighted by Crippen LogP contribution is 2.38. The van der Waals surface area contributed by atoms with E-state index in [1.54, 1.807) is 18.0 Å². The van der Waals surface area contributed by atoms with Crippen molar-refractivity contribution in [2.24, 2.45) is 0 Å². The molecule has 5 nitrogen and oxygen atoms in total. The molecule has 29 heavy (non-hydrogen) atoms. The molecule has 1 spiro atoms. The van der Waals surface area contributed by atoms with E-state index >= 15 is 0 Å². The summed E-state index contributed by atoms with van der Waals surface area (Å²) >= 11 is 0. The number of nitrogens with one attached hydrogen (secondary N) is 1. The summed E-state index contributed by atoms with van der Waals surface area (Å²) in [5.74, 6) is 0.680. The molecule has 0 unspecified atom stereocenters. The average Bonchev–Trinajstić information content (AvgIpc) is 3.21. The van der Waals surface area contributed by atoms with Gasteiger partial charge in [-0.15, -0.1) is 12.4 Å². The minimum Gasteiger partial charge on any atom is -0.344 e. The molecule has 0 bridgehead atoms. The predicted octanol–water partition coefficient (Wildman–Crippen LogP) is 3.92. The maximum Gasteiger partial charge on any atom is 0.416 e. The number of likely N-dealkylation sites (N-methyl/N-ethyl adjacent to an activating group) is 1. The van der Waals surface area contributed by atoms with Crippen molar-refractivity contribution in [2.75, 3.05) is 13.6 Å². The molecule has 2 fully saturated rings. The van der Waals surface area contributed by atoms with Crippen molar-refractivity contribution < 1.29 is 18.0 Å². The lowest BCUT2D eigenvalue weighted by Crippen LogP contribution is -2.47. The number of halogens is 4. The number of hydrogen-bond acceptors (Lipinski definition) is 4. The fourth-order valence-corrected chi connectivity index (χ4v) is 4.09. The van der Waals surface area contributed by atoms with Crippen molar-refractivity contribution in [3.8, 4) is 11.3 Å². The lowest BCUT2D eigenvalue weighted by atomic mass is 9.96. The SMILES string of the molecule is Cc1cc(-c2ccc(C(F)(F)F)cc2)nc([C@H]2CC[C@@]3(CCN(C)C3=O)N2)n1.Cl. The number of aromatic nitrogens is 2. The Kier molecular flexibility index (Phi) is 5.62. The Hall–Kier alpha value is -2.19. The van der Waals surface area contributed by atoms with E-state index in [4.69, 9.17) is 0 Å². The summed E-state index contributed by atoms with van der Waals surface area (Å²) in [6.45, 7) is 2.56. The molecule has 2 saturated heterocycles. The first-order chi connectivity index (χ1) is 13.2. The summed E-state index contributed by atoms with van der Waals surface area (Å²) < 4.78 is 38.4. The molecule has 4 rings (SSSR count). The zero-order valence-electron chi connectivity index (χ0n) is 16.1. The molecule has 156 valence electrons. The zero-order valence-corrected chi connectivity index (χ0v) is 16.9. The molecule has 3 heterocycles. The highest BCUT2D eigenvalue weighted by Gasteiger charge is 2.50. The van der Waals surface area contributed by atoms with Gasteiger partial charge in [0.15, 0.2) is 0 Å². The van der Waals surface area contributed by atoms with Crippen LogP contribution in [-0.4, -0.2) is 39.9 Å². The number of nitrogens with zero attached hydrogens (tertiary/aromatic N) is 3. The predicted molar refractivity (Wildman–Crippen MR) is 105 cm³/mol. The maximum atomic E-state index is 12.8. The molecule has 2 aromatic rings. The molecule has 0 saturated carbocycles. The highest BCUT2D eigenvalue weighted by atomic mass is 35.5. The first-order valence-electron chi connectivity index (χ1n) is 9.24. The second-order valence-corrected chi connectivity index (χ2v) is 7.62. The van der Waals surface area contributed by atoms with Crippen LogP contribution in [0.2, 0.25) is 0 Å². The number of hydrogen-bond donors (Lipinski definition) is 1. The van der Waals surface area contributed by atoms with E-state index in [9.17, 15) is 18.0 Å². The van der Waals surface area contributed by atoms with Crippen LogP contribution < -0.4 is 5.32 Å². The van der Waals surface area contributed by atoms with Crippen molar-refractivity contribution in [3.63, 3.8) is 0 Å². The van der Waals surface area contributed by atoms with Crippen LogP contribution in [0.25, 0.3) is 11.3 Å². The minimum atomic E-state index is -4.37. The molecule has 1 aromatic heterocycles. The lowest BCUT2D eigenvalue weighted by Gasteiger charge is -2.23. The van der Waals surface area contributed by atoms with Gasteiger partial charge in [0.25, 0.3) is 0 Å². The first-order valence-corrected chi connectivity index (χ1v) is 9.24. The maximum absolute atomic E-state index is 12.8. The quantitative estimate of drug-likeness (QED) is 0.790. The Balaban J connectivity index is 0.00000240. The number of carbonyl (C=O) groups excluding carboxylic acids is 1. The van der Waals surface area contributed by atoms with Gasteiger partial charge in [0.1, 0.15) is 11.4 Å². The van der Waals surface area contributed by atoms with Crippen LogP contribution in [0, 0.1) is 6.92 Å². The molecule has 1 N–H and O–H groups in total. The zero-order chi connectivity index (χ0) is 20.1. The Morgan fingerprint density at radius 2 is 1.86 bits per heavy atom. The summed E-state index contributed by atoms with van der Waals surface area (Å²) in [6, 6.07) is 6.57. The van der Waals surface area contributed by atoms with Crippen molar-refractivity contribution in [1.82, 2.24) is 20.2 Å². The third-order valence-corrected chi connectivity index (χ3v) is 5.63. The van der Waals surface area contributed by atoms with Gasteiger partial charge in [-0.2, -0.15) is 13.2 Å². The number of aryl methyl sites for hydroxylation is 1. The molecule has 2 aliphatic heterocycles. The van der Waals surface area contributed by atoms with E-state index in [0.717, 1.165) is 43.6 Å². The van der Waals surface area contributed by atoms with Gasteiger partial charge in [-0.3, -0.25) is 10.1 Å². The molecule has 2 aliphatic rings. The molecule has 2 atom stereocenters. The van der Waals surface area contributed by atoms with Crippen molar-refractivity contribution in [2.45, 2.75) is 43.9 Å². The molecule has 1 amide bonds. The van der Waals surface area contributed by atoms with Crippen molar-refractivity contribution in [1.29, 1.82) is 0 Å². The number of amides is 1. The third kappa shape index (κ3) is 3.96. The average molecular weight is 427 g/mol. The molecular formula is C20H22ClF3N4O. The summed E-state index contributed by atoms with van der Waals surface area (Å²) in [4.78, 5) is 23.4. The summed E-state index contributed by atoms with van der Waals surface area (Å²) in [5.41, 5.74) is 0.683. The largest absolute Gasteiger partial charge is 0.416 e. The summed E-state index contributed by atoms with van der Waals surface area (Å²) in [7, 11) is 1.80. The second kappa shape index (κ2) is 7.57. The molecule has 0 aliphatic carbocycles. The van der Waals surface area contributed by atoms with E-state index in [0.29, 0.717) is 17.1 Å². The van der Waals surface area contributed by atoms with E-state index in [1.165, 1.54) is 12.1 Å². The van der Waals surface area contributed by atoms with Crippen LogP contribution in [0.5, 0.6) is 0 Å². The van der Waals surface area contributed by atoms with Crippen molar-refractivity contribution >= 4 is 18.3 Å². The fraction of sp³-hybridized carbons (Fsp3) is 0.450. The molecular weight excluding hydrogens is 405 g/mol. The second-order valence-electron chi connectivity index (χ2n) is 7.62. The summed E-state index contributed by atoms with van der Waals surface area (Å²) in [6.07, 6.45) is -2.13. The highest BCUT2D eigenvalue weighted by molar-refractivity contribution is 5.88. The summed E-state index contributed by atoms with van der Waals surface area (Å²) in [5, 5.41) is 3.43. The van der Waals surface area contributed by atoms with Gasteiger partial charge >= 0.3 is 6.18 Å². The van der Waals surface area contributed by atoms with E-state index in [-0.39, 0.29) is 24.4 Å². The Labute approximate surface area is 173 Å². The van der Waals surface area contributed by atoms with E-state index < -0.39 is 17.3 Å². The number of benzene rings is 1. The topological polar surface area (TPSA) is 58.1 Å². The smallest absolute Gasteiger partial charge is 0.344 e. The first kappa shape index (κ1) is 21.5. The third-order valence-electron chi connectivity index (χ3n) is 5.63. The van der Waals surface area contributed by atoms with E-state index in [2.05, 4.69) is 15.3 Å². The van der Waals surface area contributed by atoms with Gasteiger partial charge < -0.3 is 4.90 Å². The Morgan fingerprint density at radius 3 is 2.45 bits per heavy atom. The molecule has 0 radical (unpaired) electrons. The number of rotatable bonds is 2. The van der Waals surface area contributed by atoms with Crippen LogP contribution in [0.1, 0.15) is 42.4 Å². The number of alkyl halides is 3. The molecule has 9 heteroatoms. The normalized spacial score (nSPS) is 24.2.